The van der Waals surface area contributed by atoms with E-state index >= 15 is 0 Å². The van der Waals surface area contributed by atoms with Crippen LogP contribution in [0, 0.1) is 6.92 Å². The van der Waals surface area contributed by atoms with Crippen LogP contribution in [0.25, 0.3) is 0 Å². The van der Waals surface area contributed by atoms with Crippen LogP contribution in [0.1, 0.15) is 59.8 Å². The van der Waals surface area contributed by atoms with E-state index in [9.17, 15) is 4.79 Å². The maximum atomic E-state index is 12.3. The summed E-state index contributed by atoms with van der Waals surface area (Å²) in [6.45, 7) is 8.33. The van der Waals surface area contributed by atoms with Crippen LogP contribution < -0.4 is 5.32 Å². The molecule has 0 spiro atoms. The van der Waals surface area contributed by atoms with Crippen molar-refractivity contribution in [3.8, 4) is 0 Å². The molecule has 21 heavy (non-hydrogen) atoms. The normalized spacial score (nSPS) is 12.2. The lowest BCUT2D eigenvalue weighted by Crippen LogP contribution is -2.27. The number of carbonyl (C=O) groups excluding carboxylic acids is 1. The largest absolute Gasteiger partial charge is 0.346 e. The van der Waals surface area contributed by atoms with Gasteiger partial charge in [-0.2, -0.15) is 0 Å². The monoisotopic (exact) mass is 281 g/mol. The number of nitrogens with one attached hydrogen (secondary N) is 1. The van der Waals surface area contributed by atoms with Gasteiger partial charge in [-0.15, -0.1) is 0 Å². The van der Waals surface area contributed by atoms with E-state index in [-0.39, 0.29) is 11.9 Å². The second-order valence-electron chi connectivity index (χ2n) is 5.83. The van der Waals surface area contributed by atoms with E-state index in [1.165, 1.54) is 5.56 Å². The van der Waals surface area contributed by atoms with Gasteiger partial charge >= 0.3 is 0 Å². The minimum Gasteiger partial charge on any atom is -0.346 e. The Morgan fingerprint density at radius 2 is 1.48 bits per heavy atom. The molecule has 2 aromatic carbocycles. The zero-order chi connectivity index (χ0) is 15.4. The van der Waals surface area contributed by atoms with Gasteiger partial charge in [0.05, 0.1) is 6.04 Å². The number of aryl methyl sites for hydroxylation is 1. The predicted octanol–water partition coefficient (Wildman–Crippen LogP) is 4.61. The molecule has 2 nitrogen and oxygen atoms in total. The molecule has 0 saturated heterocycles. The summed E-state index contributed by atoms with van der Waals surface area (Å²) in [6, 6.07) is 16.1. The third kappa shape index (κ3) is 3.72. The Morgan fingerprint density at radius 3 is 2.05 bits per heavy atom. The molecule has 2 heteroatoms. The van der Waals surface area contributed by atoms with Gasteiger partial charge in [0.25, 0.3) is 5.91 Å². The van der Waals surface area contributed by atoms with Crippen molar-refractivity contribution in [1.29, 1.82) is 0 Å². The first-order chi connectivity index (χ1) is 9.99. The highest BCUT2D eigenvalue weighted by Gasteiger charge is 2.13. The van der Waals surface area contributed by atoms with Crippen LogP contribution in [-0.4, -0.2) is 5.91 Å². The first-order valence-electron chi connectivity index (χ1n) is 7.45. The quantitative estimate of drug-likeness (QED) is 0.871. The molecule has 0 fully saturated rings. The van der Waals surface area contributed by atoms with Crippen LogP contribution in [0.2, 0.25) is 0 Å². The molecule has 1 N–H and O–H groups in total. The standard InChI is InChI=1S/C19H23NO/c1-13(2)16-9-11-17(12-10-16)15(4)20-19(21)18-8-6-5-7-14(18)3/h5-13,15H,1-4H3,(H,20,21). The van der Waals surface area contributed by atoms with Crippen LogP contribution >= 0.6 is 0 Å². The van der Waals surface area contributed by atoms with E-state index in [4.69, 9.17) is 0 Å². The molecule has 1 atom stereocenters. The lowest BCUT2D eigenvalue weighted by Gasteiger charge is -2.16. The molecule has 0 aliphatic carbocycles. The summed E-state index contributed by atoms with van der Waals surface area (Å²) >= 11 is 0. The molecule has 0 aromatic heterocycles. The minimum absolute atomic E-state index is 0.00156. The van der Waals surface area contributed by atoms with Crippen LogP contribution in [0.3, 0.4) is 0 Å². The topological polar surface area (TPSA) is 29.1 Å². The molecule has 0 aliphatic rings. The van der Waals surface area contributed by atoms with Gasteiger partial charge in [-0.25, -0.2) is 0 Å². The molecular formula is C19H23NO. The summed E-state index contributed by atoms with van der Waals surface area (Å²) in [7, 11) is 0. The molecule has 2 aromatic rings. The Morgan fingerprint density at radius 1 is 0.905 bits per heavy atom. The maximum Gasteiger partial charge on any atom is 0.252 e. The summed E-state index contributed by atoms with van der Waals surface area (Å²) in [5.41, 5.74) is 4.18. The highest BCUT2D eigenvalue weighted by Crippen LogP contribution is 2.19. The molecule has 110 valence electrons. The van der Waals surface area contributed by atoms with E-state index in [2.05, 4.69) is 43.4 Å². The van der Waals surface area contributed by atoms with Crippen molar-refractivity contribution in [2.24, 2.45) is 0 Å². The number of benzene rings is 2. The second kappa shape index (κ2) is 6.57. The van der Waals surface area contributed by atoms with Crippen molar-refractivity contribution in [2.45, 2.75) is 39.7 Å². The third-order valence-corrected chi connectivity index (χ3v) is 3.84. The summed E-state index contributed by atoms with van der Waals surface area (Å²) in [4.78, 5) is 12.3. The summed E-state index contributed by atoms with van der Waals surface area (Å²) in [6.07, 6.45) is 0. The van der Waals surface area contributed by atoms with Crippen molar-refractivity contribution in [3.05, 3.63) is 70.8 Å². The zero-order valence-electron chi connectivity index (χ0n) is 13.2. The molecule has 0 bridgehead atoms. The number of hydrogen-bond acceptors (Lipinski definition) is 1. The first-order valence-corrected chi connectivity index (χ1v) is 7.45. The van der Waals surface area contributed by atoms with Crippen molar-refractivity contribution in [2.75, 3.05) is 0 Å². The average molecular weight is 281 g/mol. The number of hydrogen-bond donors (Lipinski definition) is 1. The van der Waals surface area contributed by atoms with Crippen LogP contribution in [0.4, 0.5) is 0 Å². The summed E-state index contributed by atoms with van der Waals surface area (Å²) < 4.78 is 0. The van der Waals surface area contributed by atoms with Gasteiger partial charge in [-0.3, -0.25) is 4.79 Å². The highest BCUT2D eigenvalue weighted by molar-refractivity contribution is 5.95. The number of carbonyl (C=O) groups is 1. The van der Waals surface area contributed by atoms with E-state index < -0.39 is 0 Å². The van der Waals surface area contributed by atoms with Gasteiger partial charge < -0.3 is 5.32 Å². The van der Waals surface area contributed by atoms with Crippen molar-refractivity contribution < 1.29 is 4.79 Å². The molecule has 1 amide bonds. The van der Waals surface area contributed by atoms with E-state index in [0.717, 1.165) is 16.7 Å². The highest BCUT2D eigenvalue weighted by atomic mass is 16.1. The van der Waals surface area contributed by atoms with Crippen LogP contribution in [0.5, 0.6) is 0 Å². The number of rotatable bonds is 4. The molecule has 0 aliphatic heterocycles. The summed E-state index contributed by atoms with van der Waals surface area (Å²) in [5, 5.41) is 3.06. The molecule has 2 rings (SSSR count). The SMILES string of the molecule is Cc1ccccc1C(=O)NC(C)c1ccc(C(C)C)cc1. The van der Waals surface area contributed by atoms with Crippen LogP contribution in [0.15, 0.2) is 48.5 Å². The molecular weight excluding hydrogens is 258 g/mol. The fourth-order valence-corrected chi connectivity index (χ4v) is 2.35. The Balaban J connectivity index is 2.09. The lowest BCUT2D eigenvalue weighted by atomic mass is 9.99. The lowest BCUT2D eigenvalue weighted by molar-refractivity contribution is 0.0939. The van der Waals surface area contributed by atoms with Crippen LogP contribution in [-0.2, 0) is 0 Å². The summed E-state index contributed by atoms with van der Waals surface area (Å²) in [5.74, 6) is 0.504. The maximum absolute atomic E-state index is 12.3. The van der Waals surface area contributed by atoms with E-state index in [1.807, 2.05) is 38.1 Å². The Kier molecular flexibility index (Phi) is 4.79. The molecule has 0 saturated carbocycles. The van der Waals surface area contributed by atoms with Gasteiger partial charge in [0.2, 0.25) is 0 Å². The second-order valence-corrected chi connectivity index (χ2v) is 5.83. The van der Waals surface area contributed by atoms with Gasteiger partial charge in [0, 0.05) is 5.56 Å². The fraction of sp³-hybridized carbons (Fsp3) is 0.316. The van der Waals surface area contributed by atoms with Gasteiger partial charge in [0.15, 0.2) is 0 Å². The van der Waals surface area contributed by atoms with Crippen molar-refractivity contribution >= 4 is 5.91 Å². The third-order valence-electron chi connectivity index (χ3n) is 3.84. The Bertz CT molecular complexity index is 614. The molecule has 0 radical (unpaired) electrons. The fourth-order valence-electron chi connectivity index (χ4n) is 2.35. The number of amides is 1. The van der Waals surface area contributed by atoms with E-state index in [1.54, 1.807) is 0 Å². The minimum atomic E-state index is -0.0199. The zero-order valence-corrected chi connectivity index (χ0v) is 13.2. The first kappa shape index (κ1) is 15.3. The van der Waals surface area contributed by atoms with Crippen molar-refractivity contribution in [3.63, 3.8) is 0 Å². The van der Waals surface area contributed by atoms with E-state index in [0.29, 0.717) is 5.92 Å². The van der Waals surface area contributed by atoms with Crippen molar-refractivity contribution in [1.82, 2.24) is 5.32 Å². The van der Waals surface area contributed by atoms with Gasteiger partial charge in [-0.05, 0) is 42.5 Å². The van der Waals surface area contributed by atoms with Gasteiger partial charge in [-0.1, -0.05) is 56.3 Å². The predicted molar refractivity (Wildman–Crippen MR) is 87.6 cm³/mol. The molecule has 0 heterocycles. The average Bonchev–Trinajstić information content (AvgIpc) is 2.47. The Hall–Kier alpha value is -2.09. The Labute approximate surface area is 127 Å². The molecule has 1 unspecified atom stereocenters. The smallest absolute Gasteiger partial charge is 0.252 e. The van der Waals surface area contributed by atoms with Gasteiger partial charge in [0.1, 0.15) is 0 Å².